The van der Waals surface area contributed by atoms with Crippen molar-refractivity contribution in [3.63, 3.8) is 0 Å². The summed E-state index contributed by atoms with van der Waals surface area (Å²) in [5.74, 6) is 9.00. The molecular formula is C20H30. The fourth-order valence-corrected chi connectivity index (χ4v) is 7.10. The Bertz CT molecular complexity index is 416. The van der Waals surface area contributed by atoms with Crippen LogP contribution in [-0.2, 0) is 0 Å². The molecular weight excluding hydrogens is 240 g/mol. The average molecular weight is 270 g/mol. The van der Waals surface area contributed by atoms with Crippen molar-refractivity contribution >= 4 is 0 Å². The largest absolute Gasteiger partial charge is 0.120 e. The molecule has 0 aromatic heterocycles. The van der Waals surface area contributed by atoms with Crippen molar-refractivity contribution in [2.75, 3.05) is 0 Å². The maximum Gasteiger partial charge on any atom is 0.0256 e. The van der Waals surface area contributed by atoms with Gasteiger partial charge in [-0.05, 0) is 80.0 Å². The van der Waals surface area contributed by atoms with Crippen LogP contribution in [0.2, 0.25) is 0 Å². The van der Waals surface area contributed by atoms with Gasteiger partial charge in [0.15, 0.2) is 0 Å². The van der Waals surface area contributed by atoms with E-state index >= 15 is 0 Å². The summed E-state index contributed by atoms with van der Waals surface area (Å²) in [5.41, 5.74) is 0.497. The zero-order chi connectivity index (χ0) is 13.7. The van der Waals surface area contributed by atoms with Gasteiger partial charge >= 0.3 is 0 Å². The monoisotopic (exact) mass is 270 g/mol. The van der Waals surface area contributed by atoms with Gasteiger partial charge in [0.05, 0.1) is 0 Å². The molecule has 0 aromatic rings. The summed E-state index contributed by atoms with van der Waals surface area (Å²) in [7, 11) is 0. The Morgan fingerprint density at radius 1 is 0.850 bits per heavy atom. The van der Waals surface area contributed by atoms with Crippen LogP contribution in [0.3, 0.4) is 0 Å². The van der Waals surface area contributed by atoms with Gasteiger partial charge in [0.1, 0.15) is 0 Å². The standard InChI is InChI=1S/C20H30/c1-3-15-9-11-19-18-10-8-14-6-4-5-7-16(14)17(18)12-13-20(15,19)2/h1,14-19H,4-13H2,2H3/t14?,15?,16-,17+,18+,19-,20+/m0/s1. The fourth-order valence-electron chi connectivity index (χ4n) is 7.10. The summed E-state index contributed by atoms with van der Waals surface area (Å²) in [6.45, 7) is 2.54. The van der Waals surface area contributed by atoms with Gasteiger partial charge in [-0.1, -0.05) is 26.2 Å². The highest BCUT2D eigenvalue weighted by molar-refractivity contribution is 5.12. The number of hydrogen-bond acceptors (Lipinski definition) is 0. The molecule has 0 spiro atoms. The highest BCUT2D eigenvalue weighted by Crippen LogP contribution is 2.63. The molecule has 0 saturated heterocycles. The van der Waals surface area contributed by atoms with Crippen molar-refractivity contribution in [2.45, 2.75) is 71.1 Å². The Kier molecular flexibility index (Phi) is 3.17. The zero-order valence-electron chi connectivity index (χ0n) is 13.1. The van der Waals surface area contributed by atoms with E-state index in [1.165, 1.54) is 44.9 Å². The second-order valence-corrected chi connectivity index (χ2v) is 8.56. The van der Waals surface area contributed by atoms with E-state index in [1.54, 1.807) is 19.3 Å². The molecule has 4 aliphatic carbocycles. The minimum Gasteiger partial charge on any atom is -0.120 e. The second kappa shape index (κ2) is 4.79. The third kappa shape index (κ3) is 1.74. The SMILES string of the molecule is C#CC1CC[C@H]2[C@@H]3CCC4CCCC[C@@H]4[C@H]3CC[C@]12C. The fraction of sp³-hybridized carbons (Fsp3) is 0.900. The minimum absolute atomic E-state index is 0.497. The molecule has 0 heteroatoms. The first-order valence-electron chi connectivity index (χ1n) is 9.20. The van der Waals surface area contributed by atoms with Crippen molar-refractivity contribution in [2.24, 2.45) is 40.9 Å². The van der Waals surface area contributed by atoms with Crippen LogP contribution >= 0.6 is 0 Å². The summed E-state index contributed by atoms with van der Waals surface area (Å²) >= 11 is 0. The first kappa shape index (κ1) is 13.2. The van der Waals surface area contributed by atoms with Gasteiger partial charge < -0.3 is 0 Å². The van der Waals surface area contributed by atoms with Gasteiger partial charge in [-0.15, -0.1) is 12.3 Å². The highest BCUT2D eigenvalue weighted by atomic mass is 14.6. The Labute approximate surface area is 125 Å². The Morgan fingerprint density at radius 3 is 2.55 bits per heavy atom. The lowest BCUT2D eigenvalue weighted by Crippen LogP contribution is -2.47. The summed E-state index contributed by atoms with van der Waals surface area (Å²) in [6, 6.07) is 0. The predicted molar refractivity (Wildman–Crippen MR) is 84.1 cm³/mol. The average Bonchev–Trinajstić information content (AvgIpc) is 2.83. The molecule has 0 N–H and O–H groups in total. The number of rotatable bonds is 0. The normalized spacial score (nSPS) is 54.4. The molecule has 0 bridgehead atoms. The van der Waals surface area contributed by atoms with Gasteiger partial charge in [-0.25, -0.2) is 0 Å². The molecule has 0 nitrogen and oxygen atoms in total. The molecule has 110 valence electrons. The molecule has 0 radical (unpaired) electrons. The first-order chi connectivity index (χ1) is 9.74. The lowest BCUT2D eigenvalue weighted by atomic mass is 9.50. The molecule has 0 aliphatic heterocycles. The van der Waals surface area contributed by atoms with E-state index in [9.17, 15) is 0 Å². The number of fused-ring (bicyclic) bond motifs is 5. The molecule has 0 amide bonds. The molecule has 7 atom stereocenters. The van der Waals surface area contributed by atoms with Crippen LogP contribution < -0.4 is 0 Å². The topological polar surface area (TPSA) is 0 Å². The van der Waals surface area contributed by atoms with Gasteiger partial charge in [0.2, 0.25) is 0 Å². The Morgan fingerprint density at radius 2 is 1.70 bits per heavy atom. The maximum atomic E-state index is 5.85. The van der Waals surface area contributed by atoms with Gasteiger partial charge in [0.25, 0.3) is 0 Å². The van der Waals surface area contributed by atoms with Gasteiger partial charge in [-0.2, -0.15) is 0 Å². The Hall–Kier alpha value is -0.440. The van der Waals surface area contributed by atoms with Crippen LogP contribution in [0.1, 0.15) is 71.1 Å². The van der Waals surface area contributed by atoms with E-state index in [0.717, 1.165) is 29.6 Å². The predicted octanol–water partition coefficient (Wildman–Crippen LogP) is 5.28. The van der Waals surface area contributed by atoms with E-state index < -0.39 is 0 Å². The van der Waals surface area contributed by atoms with E-state index in [2.05, 4.69) is 12.8 Å². The first-order valence-corrected chi connectivity index (χ1v) is 9.20. The zero-order valence-corrected chi connectivity index (χ0v) is 13.1. The molecule has 2 unspecified atom stereocenters. The van der Waals surface area contributed by atoms with Crippen molar-refractivity contribution in [3.8, 4) is 12.3 Å². The van der Waals surface area contributed by atoms with Crippen LogP contribution in [0.5, 0.6) is 0 Å². The van der Waals surface area contributed by atoms with E-state index in [4.69, 9.17) is 6.42 Å². The molecule has 4 aliphatic rings. The molecule has 20 heavy (non-hydrogen) atoms. The molecule has 4 saturated carbocycles. The molecule has 4 fully saturated rings. The van der Waals surface area contributed by atoms with Gasteiger partial charge in [-0.3, -0.25) is 0 Å². The van der Waals surface area contributed by atoms with Gasteiger partial charge in [0, 0.05) is 5.92 Å². The highest BCUT2D eigenvalue weighted by Gasteiger charge is 2.56. The summed E-state index contributed by atoms with van der Waals surface area (Å²) in [4.78, 5) is 0. The van der Waals surface area contributed by atoms with E-state index in [0.29, 0.717) is 11.3 Å². The lowest BCUT2D eigenvalue weighted by molar-refractivity contribution is -0.0560. The lowest BCUT2D eigenvalue weighted by Gasteiger charge is -2.55. The summed E-state index contributed by atoms with van der Waals surface area (Å²) in [5, 5.41) is 0. The van der Waals surface area contributed by atoms with Crippen LogP contribution in [0.25, 0.3) is 0 Å². The quantitative estimate of drug-likeness (QED) is 0.525. The van der Waals surface area contributed by atoms with Crippen molar-refractivity contribution in [3.05, 3.63) is 0 Å². The smallest absolute Gasteiger partial charge is 0.0256 e. The van der Waals surface area contributed by atoms with Crippen molar-refractivity contribution < 1.29 is 0 Å². The summed E-state index contributed by atoms with van der Waals surface area (Å²) < 4.78 is 0. The van der Waals surface area contributed by atoms with Crippen molar-refractivity contribution in [1.82, 2.24) is 0 Å². The van der Waals surface area contributed by atoms with E-state index in [1.807, 2.05) is 0 Å². The number of hydrogen-bond donors (Lipinski definition) is 0. The van der Waals surface area contributed by atoms with Crippen molar-refractivity contribution in [1.29, 1.82) is 0 Å². The molecule has 0 heterocycles. The van der Waals surface area contributed by atoms with Crippen LogP contribution in [0, 0.1) is 53.3 Å². The minimum atomic E-state index is 0.497. The van der Waals surface area contributed by atoms with Crippen LogP contribution in [0.4, 0.5) is 0 Å². The van der Waals surface area contributed by atoms with E-state index in [-0.39, 0.29) is 0 Å². The van der Waals surface area contributed by atoms with Crippen LogP contribution in [0.15, 0.2) is 0 Å². The second-order valence-electron chi connectivity index (χ2n) is 8.56. The summed E-state index contributed by atoms with van der Waals surface area (Å²) in [6.07, 6.45) is 20.7. The third-order valence-corrected chi connectivity index (χ3v) is 8.08. The Balaban J connectivity index is 1.59. The maximum absolute atomic E-state index is 5.85. The van der Waals surface area contributed by atoms with Crippen LogP contribution in [-0.4, -0.2) is 0 Å². The number of terminal acetylenes is 1. The molecule has 0 aromatic carbocycles. The molecule has 4 rings (SSSR count). The third-order valence-electron chi connectivity index (χ3n) is 8.08.